The van der Waals surface area contributed by atoms with Crippen LogP contribution in [0.1, 0.15) is 68.2 Å². The molecule has 2 unspecified atom stereocenters. The average Bonchev–Trinajstić information content (AvgIpc) is 3.31. The molecule has 0 bridgehead atoms. The molecule has 1 aromatic rings. The van der Waals surface area contributed by atoms with Crippen LogP contribution >= 0.6 is 11.7 Å². The van der Waals surface area contributed by atoms with Crippen LogP contribution < -0.4 is 15.0 Å². The maximum absolute atomic E-state index is 13.3. The number of carbonyl (C=O) groups is 2. The Morgan fingerprint density at radius 1 is 1.17 bits per heavy atom. The number of Topliss-reactive ketones (excluding diaryl/α,β-unsaturated/α-hetero) is 2. The molecule has 206 valence electrons. The second kappa shape index (κ2) is 13.8. The number of nitrogens with one attached hydrogen (secondary N) is 1. The van der Waals surface area contributed by atoms with Crippen molar-refractivity contribution in [1.29, 1.82) is 0 Å². The molecule has 1 aliphatic rings. The van der Waals surface area contributed by atoms with E-state index in [-0.39, 0.29) is 23.7 Å². The molecule has 0 spiro atoms. The summed E-state index contributed by atoms with van der Waals surface area (Å²) in [5.74, 6) is 0.872. The van der Waals surface area contributed by atoms with Crippen molar-refractivity contribution in [2.45, 2.75) is 97.7 Å². The lowest BCUT2D eigenvalue weighted by atomic mass is 9.97. The second-order valence-electron chi connectivity index (χ2n) is 10.4. The largest absolute Gasteiger partial charge is 0.472 e. The highest BCUT2D eigenvalue weighted by Crippen LogP contribution is 2.27. The van der Waals surface area contributed by atoms with Crippen molar-refractivity contribution in [2.75, 3.05) is 44.4 Å². The summed E-state index contributed by atoms with van der Waals surface area (Å²) >= 11 is 1.10. The fourth-order valence-electron chi connectivity index (χ4n) is 3.70. The zero-order chi connectivity index (χ0) is 26.9. The molecule has 0 aliphatic carbocycles. The molecule has 11 heteroatoms. The Bertz CT molecular complexity index is 839. The molecule has 1 saturated heterocycles. The standard InChI is InChI=1S/C25H44N4O6S/c1-9-20(21(31)17(3)35-25(8,10-2)18(4)30)34-19(15-26-24(5,6)7)16-33-23-22(27-36-28-23)29-11-13-32-14-12-29/h17,19-20,26H,9-16H2,1-8H3/t17-,19-,20?,25?/m0/s1. The van der Waals surface area contributed by atoms with Crippen LogP contribution in [-0.4, -0.2) is 89.2 Å². The van der Waals surface area contributed by atoms with Gasteiger partial charge < -0.3 is 29.2 Å². The van der Waals surface area contributed by atoms with Crippen LogP contribution in [0.3, 0.4) is 0 Å². The van der Waals surface area contributed by atoms with E-state index in [0.717, 1.165) is 24.8 Å². The van der Waals surface area contributed by atoms with E-state index in [1.807, 2.05) is 13.8 Å². The molecule has 0 radical (unpaired) electrons. The van der Waals surface area contributed by atoms with E-state index in [1.165, 1.54) is 6.92 Å². The summed E-state index contributed by atoms with van der Waals surface area (Å²) in [5.41, 5.74) is -1.15. The molecule has 0 amide bonds. The van der Waals surface area contributed by atoms with Crippen LogP contribution in [0.15, 0.2) is 0 Å². The van der Waals surface area contributed by atoms with Gasteiger partial charge in [0.2, 0.25) is 5.82 Å². The van der Waals surface area contributed by atoms with Gasteiger partial charge in [0, 0.05) is 25.2 Å². The van der Waals surface area contributed by atoms with Crippen molar-refractivity contribution in [3.05, 3.63) is 0 Å². The minimum Gasteiger partial charge on any atom is -0.472 e. The van der Waals surface area contributed by atoms with Gasteiger partial charge in [-0.25, -0.2) is 0 Å². The summed E-state index contributed by atoms with van der Waals surface area (Å²) in [4.78, 5) is 27.4. The van der Waals surface area contributed by atoms with E-state index in [9.17, 15) is 9.59 Å². The fraction of sp³-hybridized carbons (Fsp3) is 0.840. The highest BCUT2D eigenvalue weighted by atomic mass is 32.1. The maximum atomic E-state index is 13.3. The monoisotopic (exact) mass is 528 g/mol. The molecule has 0 saturated carbocycles. The quantitative estimate of drug-likeness (QED) is 0.364. The predicted octanol–water partition coefficient (Wildman–Crippen LogP) is 3.04. The van der Waals surface area contributed by atoms with Crippen LogP contribution in [-0.2, 0) is 23.8 Å². The topological polar surface area (TPSA) is 112 Å². The number of rotatable bonds is 15. The van der Waals surface area contributed by atoms with Crippen LogP contribution in [0, 0.1) is 0 Å². The minimum absolute atomic E-state index is 0.104. The first-order valence-electron chi connectivity index (χ1n) is 12.8. The number of carbonyl (C=O) groups excluding carboxylic acids is 2. The third-order valence-corrected chi connectivity index (χ3v) is 6.82. The summed E-state index contributed by atoms with van der Waals surface area (Å²) in [6.45, 7) is 18.3. The van der Waals surface area contributed by atoms with Crippen molar-refractivity contribution < 1.29 is 28.5 Å². The molecule has 2 heterocycles. The van der Waals surface area contributed by atoms with Gasteiger partial charge in [-0.15, -0.1) is 4.37 Å². The Hall–Kier alpha value is -1.66. The summed E-state index contributed by atoms with van der Waals surface area (Å²) in [6.07, 6.45) is -0.947. The molecular formula is C25H44N4O6S. The minimum atomic E-state index is -1.00. The third kappa shape index (κ3) is 9.02. The van der Waals surface area contributed by atoms with Gasteiger partial charge in [-0.05, 0) is 54.4 Å². The lowest BCUT2D eigenvalue weighted by Crippen LogP contribution is -2.48. The first-order valence-corrected chi connectivity index (χ1v) is 13.5. The molecule has 4 atom stereocenters. The number of ether oxygens (including phenoxy) is 4. The molecule has 1 aromatic heterocycles. The summed E-state index contributed by atoms with van der Waals surface area (Å²) in [5, 5.41) is 3.44. The first-order chi connectivity index (χ1) is 16.9. The highest BCUT2D eigenvalue weighted by molar-refractivity contribution is 6.99. The summed E-state index contributed by atoms with van der Waals surface area (Å²) in [6, 6.07) is 0. The predicted molar refractivity (Wildman–Crippen MR) is 140 cm³/mol. The molecule has 1 N–H and O–H groups in total. The van der Waals surface area contributed by atoms with Gasteiger partial charge in [0.25, 0.3) is 5.88 Å². The Balaban J connectivity index is 2.09. The lowest BCUT2D eigenvalue weighted by Gasteiger charge is -2.32. The normalized spacial score (nSPS) is 18.8. The Labute approximate surface area is 219 Å². The van der Waals surface area contributed by atoms with Crippen LogP contribution in [0.4, 0.5) is 5.82 Å². The first kappa shape index (κ1) is 30.6. The van der Waals surface area contributed by atoms with E-state index in [2.05, 4.69) is 39.7 Å². The average molecular weight is 529 g/mol. The van der Waals surface area contributed by atoms with Gasteiger partial charge in [-0.2, -0.15) is 4.37 Å². The number of hydrogen-bond acceptors (Lipinski definition) is 11. The van der Waals surface area contributed by atoms with Crippen molar-refractivity contribution in [2.24, 2.45) is 0 Å². The number of ketones is 2. The molecule has 2 rings (SSSR count). The van der Waals surface area contributed by atoms with E-state index < -0.39 is 23.9 Å². The van der Waals surface area contributed by atoms with Crippen molar-refractivity contribution >= 4 is 29.1 Å². The van der Waals surface area contributed by atoms with Gasteiger partial charge >= 0.3 is 0 Å². The second-order valence-corrected chi connectivity index (χ2v) is 10.9. The summed E-state index contributed by atoms with van der Waals surface area (Å²) in [7, 11) is 0. The molecule has 1 aliphatic heterocycles. The van der Waals surface area contributed by atoms with Gasteiger partial charge in [0.15, 0.2) is 11.6 Å². The maximum Gasteiger partial charge on any atom is 0.270 e. The lowest BCUT2D eigenvalue weighted by molar-refractivity contribution is -0.164. The van der Waals surface area contributed by atoms with E-state index in [4.69, 9.17) is 18.9 Å². The number of anilines is 1. The van der Waals surface area contributed by atoms with Crippen molar-refractivity contribution in [3.8, 4) is 5.88 Å². The molecule has 36 heavy (non-hydrogen) atoms. The van der Waals surface area contributed by atoms with Crippen molar-refractivity contribution in [1.82, 2.24) is 14.1 Å². The van der Waals surface area contributed by atoms with Gasteiger partial charge in [0.1, 0.15) is 30.5 Å². The summed E-state index contributed by atoms with van der Waals surface area (Å²) < 4.78 is 32.5. The molecule has 0 aromatic carbocycles. The Morgan fingerprint density at radius 3 is 2.39 bits per heavy atom. The van der Waals surface area contributed by atoms with Crippen LogP contribution in [0.2, 0.25) is 0 Å². The van der Waals surface area contributed by atoms with Crippen LogP contribution in [0.5, 0.6) is 5.88 Å². The van der Waals surface area contributed by atoms with Gasteiger partial charge in [0.05, 0.1) is 24.9 Å². The molecular weight excluding hydrogens is 484 g/mol. The third-order valence-electron chi connectivity index (χ3n) is 6.32. The molecule has 10 nitrogen and oxygen atoms in total. The molecule has 1 fully saturated rings. The number of morpholine rings is 1. The highest BCUT2D eigenvalue weighted by Gasteiger charge is 2.36. The Morgan fingerprint density at radius 2 is 1.83 bits per heavy atom. The Kier molecular flexibility index (Phi) is 11.7. The van der Waals surface area contributed by atoms with E-state index in [0.29, 0.717) is 44.3 Å². The number of aromatic nitrogens is 2. The van der Waals surface area contributed by atoms with Crippen LogP contribution in [0.25, 0.3) is 0 Å². The van der Waals surface area contributed by atoms with Gasteiger partial charge in [-0.3, -0.25) is 9.59 Å². The van der Waals surface area contributed by atoms with Crippen molar-refractivity contribution in [3.63, 3.8) is 0 Å². The zero-order valence-corrected chi connectivity index (χ0v) is 23.9. The van der Waals surface area contributed by atoms with E-state index >= 15 is 0 Å². The van der Waals surface area contributed by atoms with Gasteiger partial charge in [-0.1, -0.05) is 13.8 Å². The van der Waals surface area contributed by atoms with E-state index in [1.54, 1.807) is 13.8 Å². The fourth-order valence-corrected chi connectivity index (χ4v) is 4.22. The smallest absolute Gasteiger partial charge is 0.270 e. The number of hydrogen-bond donors (Lipinski definition) is 1. The SMILES string of the molecule is CCC(O[C@@H](CNC(C)(C)C)COc1nsnc1N1CCOCC1)C(=O)[C@H](C)OC(C)(CC)C(C)=O. The zero-order valence-electron chi connectivity index (χ0n) is 23.1. The number of nitrogens with zero attached hydrogens (tertiary/aromatic N) is 3.